The molecule has 27 heavy (non-hydrogen) atoms. The van der Waals surface area contributed by atoms with Gasteiger partial charge >= 0.3 is 0 Å². The number of benzene rings is 1. The number of ether oxygens (including phenoxy) is 3. The van der Waals surface area contributed by atoms with Crippen LogP contribution in [-0.4, -0.2) is 52.6 Å². The maximum Gasteiger partial charge on any atom is 0.191 e. The van der Waals surface area contributed by atoms with Crippen LogP contribution in [-0.2, 0) is 16.0 Å². The molecule has 0 aliphatic rings. The molecule has 1 rings (SSSR count). The summed E-state index contributed by atoms with van der Waals surface area (Å²) in [7, 11) is 1.76. The largest absolute Gasteiger partial charge is 0.491 e. The fourth-order valence-corrected chi connectivity index (χ4v) is 2.26. The molecule has 0 radical (unpaired) electrons. The topological polar surface area (TPSA) is 64.1 Å². The summed E-state index contributed by atoms with van der Waals surface area (Å²) in [4.78, 5) is 4.25. The van der Waals surface area contributed by atoms with E-state index in [1.165, 1.54) is 5.56 Å². The third kappa shape index (κ3) is 12.1. The van der Waals surface area contributed by atoms with E-state index in [2.05, 4.69) is 54.6 Å². The van der Waals surface area contributed by atoms with Crippen molar-refractivity contribution in [2.75, 3.05) is 46.6 Å². The van der Waals surface area contributed by atoms with Gasteiger partial charge in [0.25, 0.3) is 0 Å². The van der Waals surface area contributed by atoms with Crippen molar-refractivity contribution in [3.05, 3.63) is 29.3 Å². The zero-order valence-corrected chi connectivity index (χ0v) is 19.7. The molecule has 0 saturated carbocycles. The Morgan fingerprint density at radius 3 is 2.56 bits per heavy atom. The average molecular weight is 493 g/mol. The van der Waals surface area contributed by atoms with Gasteiger partial charge in [0.2, 0.25) is 0 Å². The highest BCUT2D eigenvalue weighted by molar-refractivity contribution is 14.0. The van der Waals surface area contributed by atoms with Gasteiger partial charge in [0.15, 0.2) is 5.96 Å². The van der Waals surface area contributed by atoms with E-state index < -0.39 is 0 Å². The Bertz CT molecular complexity index is 539. The molecular formula is C20H36IN3O3. The smallest absolute Gasteiger partial charge is 0.191 e. The van der Waals surface area contributed by atoms with Crippen molar-refractivity contribution < 1.29 is 14.2 Å². The number of aliphatic imine (C=N–C) groups is 1. The molecule has 0 aliphatic heterocycles. The van der Waals surface area contributed by atoms with Crippen molar-refractivity contribution in [2.45, 2.75) is 34.2 Å². The molecule has 0 heterocycles. The van der Waals surface area contributed by atoms with Crippen molar-refractivity contribution in [1.82, 2.24) is 10.6 Å². The first-order valence-electron chi connectivity index (χ1n) is 9.39. The molecule has 0 unspecified atom stereocenters. The van der Waals surface area contributed by atoms with Crippen molar-refractivity contribution >= 4 is 29.9 Å². The molecule has 7 heteroatoms. The van der Waals surface area contributed by atoms with Crippen LogP contribution in [0.4, 0.5) is 0 Å². The van der Waals surface area contributed by atoms with Crippen LogP contribution in [0.1, 0.15) is 31.9 Å². The van der Waals surface area contributed by atoms with Crippen LogP contribution < -0.4 is 15.4 Å². The SMILES string of the molecule is CCOCCOc1cc(C)ccc1CNC(=NC)NCCOCC(C)C.I. The molecule has 0 aliphatic carbocycles. The second kappa shape index (κ2) is 15.9. The maximum atomic E-state index is 5.88. The summed E-state index contributed by atoms with van der Waals surface area (Å²) in [5.74, 6) is 2.18. The minimum Gasteiger partial charge on any atom is -0.491 e. The summed E-state index contributed by atoms with van der Waals surface area (Å²) in [5.41, 5.74) is 2.26. The van der Waals surface area contributed by atoms with E-state index in [4.69, 9.17) is 14.2 Å². The number of rotatable bonds is 12. The van der Waals surface area contributed by atoms with Crippen molar-refractivity contribution in [2.24, 2.45) is 10.9 Å². The van der Waals surface area contributed by atoms with E-state index in [0.717, 1.165) is 30.4 Å². The lowest BCUT2D eigenvalue weighted by molar-refractivity contribution is 0.110. The molecule has 0 atom stereocenters. The first kappa shape index (κ1) is 25.9. The number of nitrogens with one attached hydrogen (secondary N) is 2. The number of hydrogen-bond acceptors (Lipinski definition) is 4. The summed E-state index contributed by atoms with van der Waals surface area (Å²) < 4.78 is 16.8. The van der Waals surface area contributed by atoms with E-state index in [-0.39, 0.29) is 24.0 Å². The number of halogens is 1. The Kier molecular flexibility index (Phi) is 15.3. The van der Waals surface area contributed by atoms with E-state index in [1.807, 2.05) is 6.92 Å². The second-order valence-corrected chi connectivity index (χ2v) is 6.48. The van der Waals surface area contributed by atoms with E-state index in [9.17, 15) is 0 Å². The van der Waals surface area contributed by atoms with Crippen LogP contribution in [0.3, 0.4) is 0 Å². The van der Waals surface area contributed by atoms with Crippen molar-refractivity contribution in [3.8, 4) is 5.75 Å². The van der Waals surface area contributed by atoms with Gasteiger partial charge in [-0.05, 0) is 31.4 Å². The van der Waals surface area contributed by atoms with Crippen LogP contribution in [0.2, 0.25) is 0 Å². The lowest BCUT2D eigenvalue weighted by Crippen LogP contribution is -2.38. The van der Waals surface area contributed by atoms with E-state index >= 15 is 0 Å². The molecule has 156 valence electrons. The summed E-state index contributed by atoms with van der Waals surface area (Å²) in [6.45, 7) is 13.0. The normalized spacial score (nSPS) is 11.3. The number of guanidine groups is 1. The lowest BCUT2D eigenvalue weighted by Gasteiger charge is -2.16. The van der Waals surface area contributed by atoms with Crippen molar-refractivity contribution in [1.29, 1.82) is 0 Å². The van der Waals surface area contributed by atoms with E-state index in [0.29, 0.717) is 38.9 Å². The minimum absolute atomic E-state index is 0. The van der Waals surface area contributed by atoms with Gasteiger partial charge < -0.3 is 24.8 Å². The predicted molar refractivity (Wildman–Crippen MR) is 122 cm³/mol. The van der Waals surface area contributed by atoms with Gasteiger partial charge in [-0.15, -0.1) is 24.0 Å². The molecule has 1 aromatic carbocycles. The maximum absolute atomic E-state index is 5.88. The molecule has 0 aromatic heterocycles. The molecule has 0 amide bonds. The second-order valence-electron chi connectivity index (χ2n) is 6.48. The number of nitrogens with zero attached hydrogens (tertiary/aromatic N) is 1. The van der Waals surface area contributed by atoms with Crippen LogP contribution in [0.25, 0.3) is 0 Å². The highest BCUT2D eigenvalue weighted by Gasteiger charge is 2.06. The van der Waals surface area contributed by atoms with Crippen LogP contribution in [0.5, 0.6) is 5.75 Å². The van der Waals surface area contributed by atoms with Gasteiger partial charge in [0.05, 0.1) is 13.2 Å². The molecule has 2 N–H and O–H groups in total. The zero-order valence-electron chi connectivity index (χ0n) is 17.3. The molecule has 0 spiro atoms. The Morgan fingerprint density at radius 2 is 1.89 bits per heavy atom. The van der Waals surface area contributed by atoms with Gasteiger partial charge in [-0.2, -0.15) is 0 Å². The summed E-state index contributed by atoms with van der Waals surface area (Å²) >= 11 is 0. The van der Waals surface area contributed by atoms with E-state index in [1.54, 1.807) is 7.05 Å². The van der Waals surface area contributed by atoms with Gasteiger partial charge in [-0.3, -0.25) is 4.99 Å². The first-order valence-corrected chi connectivity index (χ1v) is 9.39. The molecule has 1 aromatic rings. The predicted octanol–water partition coefficient (Wildman–Crippen LogP) is 3.37. The van der Waals surface area contributed by atoms with Crippen LogP contribution in [0.15, 0.2) is 23.2 Å². The number of aryl methyl sites for hydroxylation is 1. The number of hydrogen-bond donors (Lipinski definition) is 2. The molecule has 0 saturated heterocycles. The Hall–Kier alpha value is -1.06. The summed E-state index contributed by atoms with van der Waals surface area (Å²) in [5, 5.41) is 6.58. The fraction of sp³-hybridized carbons (Fsp3) is 0.650. The third-order valence-electron chi connectivity index (χ3n) is 3.57. The summed E-state index contributed by atoms with van der Waals surface area (Å²) in [6.07, 6.45) is 0. The van der Waals surface area contributed by atoms with Gasteiger partial charge in [0, 0.05) is 38.9 Å². The fourth-order valence-electron chi connectivity index (χ4n) is 2.26. The molecule has 0 fully saturated rings. The first-order chi connectivity index (χ1) is 12.6. The Morgan fingerprint density at radius 1 is 1.11 bits per heavy atom. The Balaban J connectivity index is 0.00000676. The van der Waals surface area contributed by atoms with Crippen LogP contribution in [0, 0.1) is 12.8 Å². The van der Waals surface area contributed by atoms with Gasteiger partial charge in [0.1, 0.15) is 12.4 Å². The summed E-state index contributed by atoms with van der Waals surface area (Å²) in [6, 6.07) is 6.22. The van der Waals surface area contributed by atoms with Gasteiger partial charge in [-0.1, -0.05) is 26.0 Å². The monoisotopic (exact) mass is 493 g/mol. The lowest BCUT2D eigenvalue weighted by atomic mass is 10.1. The quantitative estimate of drug-likeness (QED) is 0.202. The molecular weight excluding hydrogens is 457 g/mol. The van der Waals surface area contributed by atoms with Crippen LogP contribution >= 0.6 is 24.0 Å². The average Bonchev–Trinajstić information content (AvgIpc) is 2.62. The molecule has 0 bridgehead atoms. The third-order valence-corrected chi connectivity index (χ3v) is 3.57. The van der Waals surface area contributed by atoms with Crippen molar-refractivity contribution in [3.63, 3.8) is 0 Å². The minimum atomic E-state index is 0. The Labute approximate surface area is 181 Å². The highest BCUT2D eigenvalue weighted by atomic mass is 127. The molecule has 6 nitrogen and oxygen atoms in total. The standard InChI is InChI=1S/C20H35N3O3.HI/c1-6-24-11-12-26-19-13-17(4)7-8-18(19)14-23-20(21-5)22-9-10-25-15-16(2)3;/h7-8,13,16H,6,9-12,14-15H2,1-5H3,(H2,21,22,23);1H. The highest BCUT2D eigenvalue weighted by Crippen LogP contribution is 2.20. The van der Waals surface area contributed by atoms with Gasteiger partial charge in [-0.25, -0.2) is 0 Å². The zero-order chi connectivity index (χ0) is 19.2.